The van der Waals surface area contributed by atoms with Crippen molar-refractivity contribution in [2.75, 3.05) is 7.11 Å². The maximum atomic E-state index is 5.46. The normalized spacial score (nSPS) is 11.2. The zero-order chi connectivity index (χ0) is 14.1. The van der Waals surface area contributed by atoms with Gasteiger partial charge in [0.15, 0.2) is 5.65 Å². The van der Waals surface area contributed by atoms with Crippen molar-refractivity contribution in [2.24, 2.45) is 0 Å². The first-order valence-electron chi connectivity index (χ1n) is 6.68. The molecule has 0 unspecified atom stereocenters. The molecule has 0 fully saturated rings. The number of aromatic nitrogens is 3. The zero-order valence-corrected chi connectivity index (χ0v) is 11.9. The Labute approximate surface area is 118 Å². The van der Waals surface area contributed by atoms with E-state index in [4.69, 9.17) is 4.74 Å². The molecule has 0 saturated heterocycles. The lowest BCUT2D eigenvalue weighted by Gasteiger charge is -2.12. The van der Waals surface area contributed by atoms with Crippen LogP contribution in [0.25, 0.3) is 16.9 Å². The molecule has 0 aliphatic heterocycles. The predicted octanol–water partition coefficient (Wildman–Crippen LogP) is 3.53. The summed E-state index contributed by atoms with van der Waals surface area (Å²) in [6, 6.07) is 10.2. The van der Waals surface area contributed by atoms with Gasteiger partial charge in [0.2, 0.25) is 0 Å². The molecule has 3 rings (SSSR count). The van der Waals surface area contributed by atoms with Gasteiger partial charge in [-0.25, -0.2) is 9.50 Å². The van der Waals surface area contributed by atoms with Crippen molar-refractivity contribution in [3.05, 3.63) is 48.3 Å². The van der Waals surface area contributed by atoms with E-state index in [1.165, 1.54) is 5.56 Å². The van der Waals surface area contributed by atoms with Gasteiger partial charge in [0, 0.05) is 18.0 Å². The van der Waals surface area contributed by atoms with Crippen LogP contribution in [-0.2, 0) is 0 Å². The van der Waals surface area contributed by atoms with Gasteiger partial charge in [0.05, 0.1) is 12.8 Å². The van der Waals surface area contributed by atoms with Crippen molar-refractivity contribution in [1.29, 1.82) is 0 Å². The number of hydrogen-bond donors (Lipinski definition) is 0. The molecule has 102 valence electrons. The summed E-state index contributed by atoms with van der Waals surface area (Å²) < 4.78 is 7.24. The molecular weight excluding hydrogens is 250 g/mol. The fourth-order valence-electron chi connectivity index (χ4n) is 2.24. The number of rotatable bonds is 3. The topological polar surface area (TPSA) is 39.4 Å². The Hall–Kier alpha value is -2.36. The van der Waals surface area contributed by atoms with Gasteiger partial charge in [-0.3, -0.25) is 0 Å². The second-order valence-electron chi connectivity index (χ2n) is 5.06. The molecule has 0 atom stereocenters. The van der Waals surface area contributed by atoms with E-state index in [-0.39, 0.29) is 0 Å². The molecule has 0 N–H and O–H groups in total. The second kappa shape index (κ2) is 4.96. The molecule has 4 heteroatoms. The van der Waals surface area contributed by atoms with Gasteiger partial charge in [0.1, 0.15) is 5.75 Å². The third-order valence-corrected chi connectivity index (χ3v) is 3.42. The van der Waals surface area contributed by atoms with Crippen LogP contribution in [0, 0.1) is 0 Å². The third kappa shape index (κ3) is 2.13. The van der Waals surface area contributed by atoms with Crippen LogP contribution in [0.3, 0.4) is 0 Å². The molecule has 0 radical (unpaired) electrons. The first-order chi connectivity index (χ1) is 9.69. The van der Waals surface area contributed by atoms with Crippen LogP contribution in [0.15, 0.2) is 42.7 Å². The number of fused-ring (bicyclic) bond motifs is 1. The summed E-state index contributed by atoms with van der Waals surface area (Å²) in [6.45, 7) is 4.36. The van der Waals surface area contributed by atoms with Crippen LogP contribution >= 0.6 is 0 Å². The Balaban J connectivity index is 2.17. The number of methoxy groups -OCH3 is 1. The van der Waals surface area contributed by atoms with Crippen molar-refractivity contribution in [3.8, 4) is 17.0 Å². The first-order valence-corrected chi connectivity index (χ1v) is 6.68. The molecule has 20 heavy (non-hydrogen) atoms. The predicted molar refractivity (Wildman–Crippen MR) is 79.1 cm³/mol. The van der Waals surface area contributed by atoms with Gasteiger partial charge in [-0.2, -0.15) is 5.10 Å². The first kappa shape index (κ1) is 12.7. The van der Waals surface area contributed by atoms with Crippen molar-refractivity contribution in [2.45, 2.75) is 19.8 Å². The molecule has 0 bridgehead atoms. The van der Waals surface area contributed by atoms with Crippen LogP contribution in [0.2, 0.25) is 0 Å². The quantitative estimate of drug-likeness (QED) is 0.728. The summed E-state index contributed by atoms with van der Waals surface area (Å²) >= 11 is 0. The molecular formula is C16H17N3O. The lowest BCUT2D eigenvalue weighted by atomic mass is 9.99. The molecule has 3 aromatic rings. The van der Waals surface area contributed by atoms with Gasteiger partial charge >= 0.3 is 0 Å². The summed E-state index contributed by atoms with van der Waals surface area (Å²) in [5, 5.41) is 4.59. The second-order valence-corrected chi connectivity index (χ2v) is 5.06. The number of benzene rings is 1. The molecule has 2 heterocycles. The number of ether oxygens (including phenoxy) is 1. The highest BCUT2D eigenvalue weighted by Crippen LogP contribution is 2.31. The lowest BCUT2D eigenvalue weighted by Crippen LogP contribution is -1.97. The maximum Gasteiger partial charge on any atom is 0.153 e. The summed E-state index contributed by atoms with van der Waals surface area (Å²) in [7, 11) is 1.68. The Morgan fingerprint density at radius 1 is 1.15 bits per heavy atom. The maximum absolute atomic E-state index is 5.46. The Bertz CT molecular complexity index is 746. The van der Waals surface area contributed by atoms with Gasteiger partial charge in [0.25, 0.3) is 0 Å². The van der Waals surface area contributed by atoms with Gasteiger partial charge in [-0.05, 0) is 35.7 Å². The monoisotopic (exact) mass is 267 g/mol. The standard InChI is InChI=1S/C16H17N3O/c1-11(2)12-4-6-15(20-3)13(10-12)14-5-7-16-17-8-9-19(16)18-14/h4-11H,1-3H3. The smallest absolute Gasteiger partial charge is 0.153 e. The molecule has 0 aliphatic rings. The third-order valence-electron chi connectivity index (χ3n) is 3.42. The van der Waals surface area contributed by atoms with Crippen molar-refractivity contribution in [3.63, 3.8) is 0 Å². The number of hydrogen-bond acceptors (Lipinski definition) is 3. The fourth-order valence-corrected chi connectivity index (χ4v) is 2.24. The summed E-state index contributed by atoms with van der Waals surface area (Å²) in [6.07, 6.45) is 3.59. The molecule has 0 aliphatic carbocycles. The molecule has 0 spiro atoms. The van der Waals surface area contributed by atoms with Crippen molar-refractivity contribution < 1.29 is 4.74 Å². The van der Waals surface area contributed by atoms with E-state index in [0.717, 1.165) is 22.7 Å². The van der Waals surface area contributed by atoms with E-state index in [0.29, 0.717) is 5.92 Å². The van der Waals surface area contributed by atoms with Crippen LogP contribution in [0.5, 0.6) is 5.75 Å². The summed E-state index contributed by atoms with van der Waals surface area (Å²) in [4.78, 5) is 4.21. The summed E-state index contributed by atoms with van der Waals surface area (Å²) in [5.74, 6) is 1.30. The molecule has 4 nitrogen and oxygen atoms in total. The van der Waals surface area contributed by atoms with Gasteiger partial charge in [-0.1, -0.05) is 19.9 Å². The van der Waals surface area contributed by atoms with Crippen molar-refractivity contribution in [1.82, 2.24) is 14.6 Å². The van der Waals surface area contributed by atoms with E-state index in [1.54, 1.807) is 17.8 Å². The fraction of sp³-hybridized carbons (Fsp3) is 0.250. The SMILES string of the molecule is COc1ccc(C(C)C)cc1-c1ccc2nccn2n1. The molecule has 0 saturated carbocycles. The minimum absolute atomic E-state index is 0.469. The Kier molecular flexibility index (Phi) is 3.14. The van der Waals surface area contributed by atoms with E-state index < -0.39 is 0 Å². The lowest BCUT2D eigenvalue weighted by molar-refractivity contribution is 0.416. The average Bonchev–Trinajstić information content (AvgIpc) is 2.93. The van der Waals surface area contributed by atoms with E-state index >= 15 is 0 Å². The molecule has 0 amide bonds. The van der Waals surface area contributed by atoms with Crippen LogP contribution in [-0.4, -0.2) is 21.7 Å². The highest BCUT2D eigenvalue weighted by molar-refractivity contribution is 5.68. The van der Waals surface area contributed by atoms with Crippen LogP contribution in [0.4, 0.5) is 0 Å². The highest BCUT2D eigenvalue weighted by Gasteiger charge is 2.11. The number of nitrogens with zero attached hydrogens (tertiary/aromatic N) is 3. The van der Waals surface area contributed by atoms with E-state index in [9.17, 15) is 0 Å². The van der Waals surface area contributed by atoms with Gasteiger partial charge < -0.3 is 4.74 Å². The molecule has 1 aromatic carbocycles. The average molecular weight is 267 g/mol. The largest absolute Gasteiger partial charge is 0.496 e. The highest BCUT2D eigenvalue weighted by atomic mass is 16.5. The minimum Gasteiger partial charge on any atom is -0.496 e. The Morgan fingerprint density at radius 3 is 2.75 bits per heavy atom. The van der Waals surface area contributed by atoms with E-state index in [1.807, 2.05) is 24.4 Å². The minimum atomic E-state index is 0.469. The summed E-state index contributed by atoms with van der Waals surface area (Å²) in [5.41, 5.74) is 4.00. The van der Waals surface area contributed by atoms with Crippen LogP contribution in [0.1, 0.15) is 25.3 Å². The van der Waals surface area contributed by atoms with Crippen LogP contribution < -0.4 is 4.74 Å². The number of imidazole rings is 1. The van der Waals surface area contributed by atoms with E-state index in [2.05, 4.69) is 36.1 Å². The molecule has 2 aromatic heterocycles. The van der Waals surface area contributed by atoms with Crippen molar-refractivity contribution >= 4 is 5.65 Å². The zero-order valence-electron chi connectivity index (χ0n) is 11.9. The van der Waals surface area contributed by atoms with Gasteiger partial charge in [-0.15, -0.1) is 0 Å². The Morgan fingerprint density at radius 2 is 2.00 bits per heavy atom.